The molecule has 25 heavy (non-hydrogen) atoms. The molecular weight excluding hydrogens is 337 g/mol. The van der Waals surface area contributed by atoms with Crippen molar-refractivity contribution in [2.75, 3.05) is 19.6 Å². The van der Waals surface area contributed by atoms with E-state index < -0.39 is 23.4 Å². The first-order valence-corrected chi connectivity index (χ1v) is 8.08. The summed E-state index contributed by atoms with van der Waals surface area (Å²) < 4.78 is 40.8. The molecule has 0 aromatic heterocycles. The predicted octanol–water partition coefficient (Wildman–Crippen LogP) is 2.96. The molecule has 1 N–H and O–H groups in total. The zero-order chi connectivity index (χ0) is 18.7. The van der Waals surface area contributed by atoms with Crippen LogP contribution in [-0.4, -0.2) is 42.7 Å². The molecular formula is C17H21F3N2O3. The molecule has 0 aliphatic carbocycles. The van der Waals surface area contributed by atoms with Gasteiger partial charge >= 0.3 is 6.36 Å². The number of nitrogens with one attached hydrogen (secondary N) is 1. The average molecular weight is 358 g/mol. The Balaban J connectivity index is 2.07. The SMILES string of the molecule is CCCNC(=O)C1(C)CCN(C(=O)c2cccc(OC(F)(F)F)c2)C1. The van der Waals surface area contributed by atoms with Crippen molar-refractivity contribution in [3.63, 3.8) is 0 Å². The van der Waals surface area contributed by atoms with Gasteiger partial charge in [-0.25, -0.2) is 0 Å². The number of amides is 2. The molecule has 1 aliphatic heterocycles. The van der Waals surface area contributed by atoms with Crippen LogP contribution in [-0.2, 0) is 4.79 Å². The smallest absolute Gasteiger partial charge is 0.406 e. The monoisotopic (exact) mass is 358 g/mol. The third-order valence-electron chi connectivity index (χ3n) is 4.16. The zero-order valence-corrected chi connectivity index (χ0v) is 14.2. The number of likely N-dealkylation sites (tertiary alicyclic amines) is 1. The standard InChI is InChI=1S/C17H21F3N2O3/c1-3-8-21-15(24)16(2)7-9-22(11-16)14(23)12-5-4-6-13(10-12)25-17(18,19)20/h4-6,10H,3,7-9,11H2,1-2H3,(H,21,24). The quantitative estimate of drug-likeness (QED) is 0.880. The van der Waals surface area contributed by atoms with Crippen LogP contribution in [0.5, 0.6) is 5.75 Å². The summed E-state index contributed by atoms with van der Waals surface area (Å²) >= 11 is 0. The first kappa shape index (κ1) is 19.1. The highest BCUT2D eigenvalue weighted by Gasteiger charge is 2.42. The van der Waals surface area contributed by atoms with Gasteiger partial charge in [0.1, 0.15) is 5.75 Å². The summed E-state index contributed by atoms with van der Waals surface area (Å²) in [5.74, 6) is -0.973. The number of benzene rings is 1. The van der Waals surface area contributed by atoms with Crippen LogP contribution < -0.4 is 10.1 Å². The zero-order valence-electron chi connectivity index (χ0n) is 14.2. The van der Waals surface area contributed by atoms with Crippen molar-refractivity contribution in [1.29, 1.82) is 0 Å². The van der Waals surface area contributed by atoms with Crippen molar-refractivity contribution in [2.45, 2.75) is 33.1 Å². The lowest BCUT2D eigenvalue weighted by atomic mass is 9.88. The van der Waals surface area contributed by atoms with Crippen LogP contribution in [0.25, 0.3) is 0 Å². The Hall–Kier alpha value is -2.25. The molecule has 2 rings (SSSR count). The highest BCUT2D eigenvalue weighted by molar-refractivity contribution is 5.95. The van der Waals surface area contributed by atoms with Crippen molar-refractivity contribution >= 4 is 11.8 Å². The highest BCUT2D eigenvalue weighted by Crippen LogP contribution is 2.32. The lowest BCUT2D eigenvalue weighted by Crippen LogP contribution is -2.42. The van der Waals surface area contributed by atoms with Crippen molar-refractivity contribution in [2.24, 2.45) is 5.41 Å². The van der Waals surface area contributed by atoms with E-state index in [1.54, 1.807) is 6.92 Å². The van der Waals surface area contributed by atoms with Gasteiger partial charge in [0.25, 0.3) is 5.91 Å². The van der Waals surface area contributed by atoms with Crippen LogP contribution in [0, 0.1) is 5.41 Å². The number of ether oxygens (including phenoxy) is 1. The van der Waals surface area contributed by atoms with E-state index in [0.29, 0.717) is 19.5 Å². The van der Waals surface area contributed by atoms with Crippen molar-refractivity contribution in [3.8, 4) is 5.75 Å². The molecule has 1 aliphatic rings. The van der Waals surface area contributed by atoms with Gasteiger partial charge < -0.3 is 15.0 Å². The minimum Gasteiger partial charge on any atom is -0.406 e. The van der Waals surface area contributed by atoms with Crippen LogP contribution in [0.4, 0.5) is 13.2 Å². The molecule has 1 aromatic carbocycles. The summed E-state index contributed by atoms with van der Waals surface area (Å²) in [6.07, 6.45) is -3.49. The van der Waals surface area contributed by atoms with Gasteiger partial charge in [0.15, 0.2) is 0 Å². The minimum atomic E-state index is -4.81. The second-order valence-corrected chi connectivity index (χ2v) is 6.37. The third-order valence-corrected chi connectivity index (χ3v) is 4.16. The molecule has 5 nitrogen and oxygen atoms in total. The molecule has 0 saturated carbocycles. The molecule has 1 saturated heterocycles. The summed E-state index contributed by atoms with van der Waals surface area (Å²) in [5, 5.41) is 2.83. The molecule has 0 spiro atoms. The molecule has 1 heterocycles. The second-order valence-electron chi connectivity index (χ2n) is 6.37. The van der Waals surface area contributed by atoms with E-state index >= 15 is 0 Å². The van der Waals surface area contributed by atoms with Gasteiger partial charge in [-0.3, -0.25) is 9.59 Å². The van der Waals surface area contributed by atoms with E-state index in [1.807, 2.05) is 6.92 Å². The van der Waals surface area contributed by atoms with Crippen LogP contribution in [0.2, 0.25) is 0 Å². The summed E-state index contributed by atoms with van der Waals surface area (Å²) in [4.78, 5) is 26.3. The maximum absolute atomic E-state index is 12.5. The van der Waals surface area contributed by atoms with Gasteiger partial charge in [0, 0.05) is 25.2 Å². The Morgan fingerprint density at radius 2 is 2.08 bits per heavy atom. The molecule has 1 fully saturated rings. The normalized spacial score (nSPS) is 20.4. The first-order chi connectivity index (χ1) is 11.6. The molecule has 0 bridgehead atoms. The Kier molecular flexibility index (Phi) is 5.59. The summed E-state index contributed by atoms with van der Waals surface area (Å²) in [7, 11) is 0. The molecule has 1 atom stereocenters. The lowest BCUT2D eigenvalue weighted by Gasteiger charge is -2.23. The van der Waals surface area contributed by atoms with Gasteiger partial charge in [-0.15, -0.1) is 13.2 Å². The molecule has 1 aromatic rings. The van der Waals surface area contributed by atoms with E-state index in [4.69, 9.17) is 0 Å². The average Bonchev–Trinajstić information content (AvgIpc) is 2.94. The fraction of sp³-hybridized carbons (Fsp3) is 0.529. The summed E-state index contributed by atoms with van der Waals surface area (Å²) in [6, 6.07) is 4.95. The van der Waals surface area contributed by atoms with E-state index in [1.165, 1.54) is 17.0 Å². The molecule has 1 unspecified atom stereocenters. The largest absolute Gasteiger partial charge is 0.573 e. The maximum Gasteiger partial charge on any atom is 0.573 e. The van der Waals surface area contributed by atoms with Crippen LogP contribution in [0.1, 0.15) is 37.0 Å². The van der Waals surface area contributed by atoms with E-state index in [9.17, 15) is 22.8 Å². The number of hydrogen-bond donors (Lipinski definition) is 1. The lowest BCUT2D eigenvalue weighted by molar-refractivity contribution is -0.274. The number of rotatable bonds is 5. The van der Waals surface area contributed by atoms with E-state index in [2.05, 4.69) is 10.1 Å². The molecule has 0 radical (unpaired) electrons. The van der Waals surface area contributed by atoms with Crippen LogP contribution in [0.3, 0.4) is 0 Å². The van der Waals surface area contributed by atoms with Crippen LogP contribution in [0.15, 0.2) is 24.3 Å². The summed E-state index contributed by atoms with van der Waals surface area (Å²) in [6.45, 7) is 4.90. The molecule has 8 heteroatoms. The van der Waals surface area contributed by atoms with Gasteiger partial charge in [-0.05, 0) is 38.0 Å². The fourth-order valence-electron chi connectivity index (χ4n) is 2.78. The Bertz CT molecular complexity index is 648. The van der Waals surface area contributed by atoms with E-state index in [-0.39, 0.29) is 18.0 Å². The number of alkyl halides is 3. The molecule has 138 valence electrons. The van der Waals surface area contributed by atoms with Gasteiger partial charge in [-0.1, -0.05) is 13.0 Å². The number of hydrogen-bond acceptors (Lipinski definition) is 3. The fourth-order valence-corrected chi connectivity index (χ4v) is 2.78. The topological polar surface area (TPSA) is 58.6 Å². The number of carbonyl (C=O) groups excluding carboxylic acids is 2. The Morgan fingerprint density at radius 3 is 2.72 bits per heavy atom. The van der Waals surface area contributed by atoms with E-state index in [0.717, 1.165) is 18.6 Å². The van der Waals surface area contributed by atoms with Crippen molar-refractivity contribution < 1.29 is 27.5 Å². The van der Waals surface area contributed by atoms with Crippen molar-refractivity contribution in [1.82, 2.24) is 10.2 Å². The van der Waals surface area contributed by atoms with Gasteiger partial charge in [-0.2, -0.15) is 0 Å². The predicted molar refractivity (Wildman–Crippen MR) is 85.1 cm³/mol. The third kappa shape index (κ3) is 4.87. The highest BCUT2D eigenvalue weighted by atomic mass is 19.4. The second kappa shape index (κ2) is 7.33. The van der Waals surface area contributed by atoms with Gasteiger partial charge in [0.05, 0.1) is 5.41 Å². The summed E-state index contributed by atoms with van der Waals surface area (Å²) in [5.41, 5.74) is -0.592. The van der Waals surface area contributed by atoms with Gasteiger partial charge in [0.2, 0.25) is 5.91 Å². The number of nitrogens with zero attached hydrogens (tertiary/aromatic N) is 1. The number of halogens is 3. The first-order valence-electron chi connectivity index (χ1n) is 8.08. The molecule has 2 amide bonds. The Labute approximate surface area is 144 Å². The van der Waals surface area contributed by atoms with Crippen LogP contribution >= 0.6 is 0 Å². The maximum atomic E-state index is 12.5. The Morgan fingerprint density at radius 1 is 1.36 bits per heavy atom. The number of carbonyl (C=O) groups is 2. The minimum absolute atomic E-state index is 0.0972. The van der Waals surface area contributed by atoms with Crippen molar-refractivity contribution in [3.05, 3.63) is 29.8 Å².